The first kappa shape index (κ1) is 16.5. The molecule has 0 saturated carbocycles. The second-order valence-electron chi connectivity index (χ2n) is 6.89. The van der Waals surface area contributed by atoms with Crippen LogP contribution in [-0.2, 0) is 16.6 Å². The van der Waals surface area contributed by atoms with Crippen LogP contribution in [0.1, 0.15) is 36.6 Å². The van der Waals surface area contributed by atoms with Crippen LogP contribution in [0.15, 0.2) is 48.5 Å². The van der Waals surface area contributed by atoms with Crippen LogP contribution < -0.4 is 4.74 Å². The van der Waals surface area contributed by atoms with Crippen molar-refractivity contribution in [1.82, 2.24) is 0 Å². The largest absolute Gasteiger partial charge is 0.493 e. The summed E-state index contributed by atoms with van der Waals surface area (Å²) in [5, 5.41) is 20.1. The third-order valence-electron chi connectivity index (χ3n) is 4.83. The topological polar surface area (TPSA) is 66.8 Å². The van der Waals surface area contributed by atoms with E-state index >= 15 is 0 Å². The van der Waals surface area contributed by atoms with E-state index in [0.717, 1.165) is 17.5 Å². The van der Waals surface area contributed by atoms with Gasteiger partial charge in [0.1, 0.15) is 5.75 Å². The highest BCUT2D eigenvalue weighted by atomic mass is 16.5. The van der Waals surface area contributed by atoms with Crippen LogP contribution in [0.25, 0.3) is 0 Å². The van der Waals surface area contributed by atoms with Crippen molar-refractivity contribution in [2.45, 2.75) is 31.8 Å². The van der Waals surface area contributed by atoms with Gasteiger partial charge in [0, 0.05) is 11.5 Å². The lowest BCUT2D eigenvalue weighted by molar-refractivity contribution is -0.142. The van der Waals surface area contributed by atoms with Crippen molar-refractivity contribution in [3.8, 4) is 5.75 Å². The monoisotopic (exact) mass is 326 g/mol. The molecule has 126 valence electrons. The third-order valence-corrected chi connectivity index (χ3v) is 4.83. The Labute approximate surface area is 141 Å². The van der Waals surface area contributed by atoms with Crippen LogP contribution in [0.4, 0.5) is 0 Å². The Kier molecular flexibility index (Phi) is 4.33. The molecule has 0 amide bonds. The Bertz CT molecular complexity index is 737. The zero-order valence-corrected chi connectivity index (χ0v) is 13.9. The average Bonchev–Trinajstić information content (AvgIpc) is 2.58. The summed E-state index contributed by atoms with van der Waals surface area (Å²) in [6.45, 7) is 3.74. The van der Waals surface area contributed by atoms with Gasteiger partial charge >= 0.3 is 5.97 Å². The summed E-state index contributed by atoms with van der Waals surface area (Å²) >= 11 is 0. The standard InChI is InChI=1S/C20H22O4/c1-20(2,19(22)23)15-8-9-16-17(11-15)24-12-14(18(16)21)10-13-6-4-3-5-7-13/h3-9,11,14,18,21H,10,12H2,1-2H3,(H,22,23)/t14-,18+/m0/s1. The molecule has 4 heteroatoms. The first-order chi connectivity index (χ1) is 11.4. The van der Waals surface area contributed by atoms with Gasteiger partial charge in [-0.3, -0.25) is 4.79 Å². The van der Waals surface area contributed by atoms with Gasteiger partial charge in [0.15, 0.2) is 0 Å². The maximum Gasteiger partial charge on any atom is 0.313 e. The summed E-state index contributed by atoms with van der Waals surface area (Å²) < 4.78 is 5.84. The molecular weight excluding hydrogens is 304 g/mol. The quantitative estimate of drug-likeness (QED) is 0.904. The molecule has 0 aromatic heterocycles. The number of aliphatic hydroxyl groups is 1. The number of carboxylic acid groups (broad SMARTS) is 1. The number of ether oxygens (including phenoxy) is 1. The normalized spacial score (nSPS) is 20.1. The van der Waals surface area contributed by atoms with Crippen molar-refractivity contribution in [3.05, 3.63) is 65.2 Å². The minimum absolute atomic E-state index is 0.0155. The van der Waals surface area contributed by atoms with Gasteiger partial charge in [0.05, 0.1) is 18.1 Å². The fourth-order valence-electron chi connectivity index (χ4n) is 3.05. The summed E-state index contributed by atoms with van der Waals surface area (Å²) in [5.41, 5.74) is 1.57. The van der Waals surface area contributed by atoms with E-state index in [9.17, 15) is 15.0 Å². The highest BCUT2D eigenvalue weighted by Crippen LogP contribution is 2.39. The van der Waals surface area contributed by atoms with Crippen molar-refractivity contribution < 1.29 is 19.7 Å². The van der Waals surface area contributed by atoms with Crippen LogP contribution in [0.5, 0.6) is 5.75 Å². The summed E-state index contributed by atoms with van der Waals surface area (Å²) in [6.07, 6.45) is 0.125. The summed E-state index contributed by atoms with van der Waals surface area (Å²) in [5.74, 6) is -0.322. The van der Waals surface area contributed by atoms with Gasteiger partial charge in [-0.15, -0.1) is 0 Å². The lowest BCUT2D eigenvalue weighted by Gasteiger charge is -2.32. The molecule has 1 aliphatic rings. The second kappa shape index (κ2) is 6.29. The number of carbonyl (C=O) groups is 1. The van der Waals surface area contributed by atoms with Crippen LogP contribution in [0, 0.1) is 5.92 Å². The summed E-state index contributed by atoms with van der Waals surface area (Å²) in [7, 11) is 0. The molecule has 2 atom stereocenters. The zero-order valence-electron chi connectivity index (χ0n) is 13.9. The van der Waals surface area contributed by atoms with Crippen LogP contribution in [0.3, 0.4) is 0 Å². The summed E-state index contributed by atoms with van der Waals surface area (Å²) in [6, 6.07) is 15.3. The number of aliphatic hydroxyl groups excluding tert-OH is 1. The van der Waals surface area contributed by atoms with Gasteiger partial charge in [-0.05, 0) is 37.5 Å². The number of fused-ring (bicyclic) bond motifs is 1. The van der Waals surface area contributed by atoms with Crippen molar-refractivity contribution in [1.29, 1.82) is 0 Å². The molecule has 3 rings (SSSR count). The number of aliphatic carboxylic acids is 1. The maximum atomic E-state index is 11.4. The molecule has 1 heterocycles. The van der Waals surface area contributed by atoms with Crippen LogP contribution in [-0.4, -0.2) is 22.8 Å². The molecule has 0 unspecified atom stereocenters. The van der Waals surface area contributed by atoms with E-state index in [2.05, 4.69) is 0 Å². The van der Waals surface area contributed by atoms with Crippen molar-refractivity contribution in [3.63, 3.8) is 0 Å². The fraction of sp³-hybridized carbons (Fsp3) is 0.350. The van der Waals surface area contributed by atoms with Crippen molar-refractivity contribution >= 4 is 5.97 Å². The molecule has 0 fully saturated rings. The molecular formula is C20H22O4. The van der Waals surface area contributed by atoms with E-state index in [4.69, 9.17) is 4.74 Å². The Morgan fingerprint density at radius 1 is 1.21 bits per heavy atom. The SMILES string of the molecule is CC(C)(C(=O)O)c1ccc2c(c1)OC[C@H](Cc1ccccc1)[C@H]2O. The maximum absolute atomic E-state index is 11.4. The zero-order chi connectivity index (χ0) is 17.3. The lowest BCUT2D eigenvalue weighted by atomic mass is 9.82. The number of hydrogen-bond acceptors (Lipinski definition) is 3. The van der Waals surface area contributed by atoms with E-state index in [1.54, 1.807) is 32.0 Å². The predicted molar refractivity (Wildman–Crippen MR) is 91.2 cm³/mol. The third kappa shape index (κ3) is 3.02. The first-order valence-electron chi connectivity index (χ1n) is 8.12. The number of hydrogen-bond donors (Lipinski definition) is 2. The van der Waals surface area contributed by atoms with Gasteiger partial charge in [-0.1, -0.05) is 42.5 Å². The molecule has 0 bridgehead atoms. The molecule has 1 aliphatic heterocycles. The Hall–Kier alpha value is -2.33. The predicted octanol–water partition coefficient (Wildman–Crippen LogP) is 3.33. The number of rotatable bonds is 4. The molecule has 4 nitrogen and oxygen atoms in total. The highest BCUT2D eigenvalue weighted by molar-refractivity contribution is 5.80. The lowest BCUT2D eigenvalue weighted by Crippen LogP contribution is -2.30. The van der Waals surface area contributed by atoms with Gasteiger partial charge in [0.2, 0.25) is 0 Å². The second-order valence-corrected chi connectivity index (χ2v) is 6.89. The van der Waals surface area contributed by atoms with Gasteiger partial charge in [-0.2, -0.15) is 0 Å². The molecule has 0 radical (unpaired) electrons. The van der Waals surface area contributed by atoms with Crippen molar-refractivity contribution in [2.75, 3.05) is 6.61 Å². The Morgan fingerprint density at radius 2 is 1.92 bits per heavy atom. The van der Waals surface area contributed by atoms with E-state index < -0.39 is 17.5 Å². The van der Waals surface area contributed by atoms with E-state index in [1.165, 1.54) is 0 Å². The minimum Gasteiger partial charge on any atom is -0.493 e. The number of carboxylic acids is 1. The molecule has 0 saturated heterocycles. The smallest absolute Gasteiger partial charge is 0.313 e. The van der Waals surface area contributed by atoms with E-state index in [1.807, 2.05) is 30.3 Å². The highest BCUT2D eigenvalue weighted by Gasteiger charge is 2.34. The minimum atomic E-state index is -0.996. The Balaban J connectivity index is 1.84. The van der Waals surface area contributed by atoms with Gasteiger partial charge in [-0.25, -0.2) is 0 Å². The Morgan fingerprint density at radius 3 is 2.58 bits per heavy atom. The fourth-order valence-corrected chi connectivity index (χ4v) is 3.05. The van der Waals surface area contributed by atoms with Crippen LogP contribution >= 0.6 is 0 Å². The molecule has 0 aliphatic carbocycles. The average molecular weight is 326 g/mol. The first-order valence-corrected chi connectivity index (χ1v) is 8.12. The van der Waals surface area contributed by atoms with Crippen LogP contribution in [0.2, 0.25) is 0 Å². The molecule has 24 heavy (non-hydrogen) atoms. The molecule has 2 aromatic rings. The van der Waals surface area contributed by atoms with Gasteiger partial charge in [0.25, 0.3) is 0 Å². The molecule has 2 N–H and O–H groups in total. The van der Waals surface area contributed by atoms with E-state index in [-0.39, 0.29) is 5.92 Å². The molecule has 2 aromatic carbocycles. The summed E-state index contributed by atoms with van der Waals surface area (Å²) in [4.78, 5) is 11.4. The van der Waals surface area contributed by atoms with Crippen molar-refractivity contribution in [2.24, 2.45) is 5.92 Å². The number of benzene rings is 2. The van der Waals surface area contributed by atoms with E-state index in [0.29, 0.717) is 17.9 Å². The molecule has 0 spiro atoms. The van der Waals surface area contributed by atoms with Gasteiger partial charge < -0.3 is 14.9 Å².